The molecule has 0 aliphatic carbocycles. The normalized spacial score (nSPS) is 17.0. The number of benzene rings is 1. The number of nitrogens with one attached hydrogen (secondary N) is 1. The zero-order valence-corrected chi connectivity index (χ0v) is 19.2. The van der Waals surface area contributed by atoms with E-state index in [4.69, 9.17) is 4.74 Å². The van der Waals surface area contributed by atoms with E-state index in [9.17, 15) is 9.90 Å². The molecule has 1 saturated heterocycles. The number of hydrogen-bond donors (Lipinski definition) is 2. The first kappa shape index (κ1) is 22.4. The van der Waals surface area contributed by atoms with E-state index >= 15 is 0 Å². The van der Waals surface area contributed by atoms with Gasteiger partial charge < -0.3 is 14.8 Å². The summed E-state index contributed by atoms with van der Waals surface area (Å²) < 4.78 is 7.49. The number of H-pyrrole nitrogens is 1. The average Bonchev–Trinajstić information content (AvgIpc) is 3.26. The molecular formula is C23H32N6O3. The van der Waals surface area contributed by atoms with E-state index < -0.39 is 6.04 Å². The van der Waals surface area contributed by atoms with Crippen LogP contribution in [-0.2, 0) is 5.54 Å². The van der Waals surface area contributed by atoms with E-state index in [2.05, 4.69) is 46.2 Å². The Morgan fingerprint density at radius 1 is 1.25 bits per heavy atom. The molecule has 0 saturated carbocycles. The molecule has 0 radical (unpaired) electrons. The number of aliphatic hydroxyl groups is 1. The fraction of sp³-hybridized carbons (Fsp3) is 0.565. The maximum atomic E-state index is 13.3. The van der Waals surface area contributed by atoms with Gasteiger partial charge in [0.1, 0.15) is 11.8 Å². The van der Waals surface area contributed by atoms with Crippen LogP contribution >= 0.6 is 0 Å². The third kappa shape index (κ3) is 4.27. The summed E-state index contributed by atoms with van der Waals surface area (Å²) in [6.45, 7) is 10.1. The van der Waals surface area contributed by atoms with Crippen LogP contribution in [0.25, 0.3) is 10.9 Å². The summed E-state index contributed by atoms with van der Waals surface area (Å²) in [5.41, 5.74) is 0.869. The number of aromatic nitrogens is 5. The summed E-state index contributed by atoms with van der Waals surface area (Å²) >= 11 is 0. The molecule has 1 aromatic carbocycles. The number of rotatable bonds is 7. The maximum Gasteiger partial charge on any atom is 0.253 e. The van der Waals surface area contributed by atoms with Crippen LogP contribution in [0.5, 0.6) is 5.75 Å². The summed E-state index contributed by atoms with van der Waals surface area (Å²) in [5.74, 6) is 1.40. The van der Waals surface area contributed by atoms with Gasteiger partial charge in [-0.3, -0.25) is 9.69 Å². The molecule has 1 unspecified atom stereocenters. The second kappa shape index (κ2) is 8.99. The van der Waals surface area contributed by atoms with Crippen LogP contribution in [0.3, 0.4) is 0 Å². The molecule has 32 heavy (non-hydrogen) atoms. The van der Waals surface area contributed by atoms with Crippen LogP contribution in [0.2, 0.25) is 0 Å². The molecule has 2 aromatic heterocycles. The van der Waals surface area contributed by atoms with Gasteiger partial charge in [-0.05, 0) is 74.7 Å². The molecule has 0 spiro atoms. The third-order valence-corrected chi connectivity index (χ3v) is 6.49. The fourth-order valence-electron chi connectivity index (χ4n) is 4.25. The molecule has 1 atom stereocenters. The zero-order valence-electron chi connectivity index (χ0n) is 19.2. The van der Waals surface area contributed by atoms with Gasteiger partial charge in [0.15, 0.2) is 5.82 Å². The van der Waals surface area contributed by atoms with Crippen molar-refractivity contribution in [3.63, 3.8) is 0 Å². The van der Waals surface area contributed by atoms with Crippen LogP contribution in [0.15, 0.2) is 29.1 Å². The highest BCUT2D eigenvalue weighted by molar-refractivity contribution is 5.80. The Balaban J connectivity index is 1.87. The number of aromatic amines is 1. The van der Waals surface area contributed by atoms with Crippen molar-refractivity contribution in [1.82, 2.24) is 30.1 Å². The quantitative estimate of drug-likeness (QED) is 0.581. The zero-order chi connectivity index (χ0) is 22.9. The van der Waals surface area contributed by atoms with Gasteiger partial charge >= 0.3 is 0 Å². The minimum atomic E-state index is -0.424. The van der Waals surface area contributed by atoms with Gasteiger partial charge in [0.25, 0.3) is 5.56 Å². The number of tetrazole rings is 1. The fourth-order valence-corrected chi connectivity index (χ4v) is 4.25. The lowest BCUT2D eigenvalue weighted by Crippen LogP contribution is -2.43. The summed E-state index contributed by atoms with van der Waals surface area (Å²) in [4.78, 5) is 18.5. The molecule has 1 aliphatic heterocycles. The van der Waals surface area contributed by atoms with Gasteiger partial charge in [-0.1, -0.05) is 6.92 Å². The van der Waals surface area contributed by atoms with Gasteiger partial charge in [0.2, 0.25) is 0 Å². The highest BCUT2D eigenvalue weighted by Gasteiger charge is 2.35. The van der Waals surface area contributed by atoms with Gasteiger partial charge in [-0.2, -0.15) is 0 Å². The summed E-state index contributed by atoms with van der Waals surface area (Å²) in [6.07, 6.45) is 1.81. The van der Waals surface area contributed by atoms with Gasteiger partial charge in [-0.25, -0.2) is 4.68 Å². The number of piperidine rings is 1. The highest BCUT2D eigenvalue weighted by Crippen LogP contribution is 2.32. The van der Waals surface area contributed by atoms with E-state index in [1.807, 2.05) is 35.9 Å². The van der Waals surface area contributed by atoms with Crippen LogP contribution in [0.1, 0.15) is 64.4 Å². The molecule has 0 amide bonds. The Hall–Kier alpha value is -2.78. The van der Waals surface area contributed by atoms with Crippen molar-refractivity contribution in [2.24, 2.45) is 0 Å². The summed E-state index contributed by atoms with van der Waals surface area (Å²) in [5, 5.41) is 23.6. The SMILES string of the molecule is CCOc1ccc2[nH]c(=O)c(C(c3nnnn3C(C)(C)CC)N3CCC(O)CC3)cc2c1. The Morgan fingerprint density at radius 3 is 2.69 bits per heavy atom. The Labute approximate surface area is 187 Å². The van der Waals surface area contributed by atoms with Crippen molar-refractivity contribution in [1.29, 1.82) is 0 Å². The molecule has 9 nitrogen and oxygen atoms in total. The monoisotopic (exact) mass is 440 g/mol. The minimum Gasteiger partial charge on any atom is -0.494 e. The number of fused-ring (bicyclic) bond motifs is 1. The Morgan fingerprint density at radius 2 is 2.00 bits per heavy atom. The second-order valence-corrected chi connectivity index (χ2v) is 9.02. The lowest BCUT2D eigenvalue weighted by Gasteiger charge is -2.36. The first-order valence-electron chi connectivity index (χ1n) is 11.3. The molecule has 1 aliphatic rings. The van der Waals surface area contributed by atoms with Gasteiger partial charge in [0, 0.05) is 29.6 Å². The molecular weight excluding hydrogens is 408 g/mol. The van der Waals surface area contributed by atoms with Crippen LogP contribution < -0.4 is 10.3 Å². The van der Waals surface area contributed by atoms with Crippen molar-refractivity contribution in [3.05, 3.63) is 46.0 Å². The van der Waals surface area contributed by atoms with E-state index in [1.54, 1.807) is 0 Å². The van der Waals surface area contributed by atoms with Crippen LogP contribution in [-0.4, -0.2) is 61.0 Å². The van der Waals surface area contributed by atoms with Crippen molar-refractivity contribution in [2.45, 2.75) is 64.6 Å². The molecule has 172 valence electrons. The average molecular weight is 441 g/mol. The Bertz CT molecular complexity index is 1130. The smallest absolute Gasteiger partial charge is 0.253 e. The first-order valence-corrected chi connectivity index (χ1v) is 11.3. The van der Waals surface area contributed by atoms with Crippen LogP contribution in [0, 0.1) is 0 Å². The lowest BCUT2D eigenvalue weighted by atomic mass is 9.97. The minimum absolute atomic E-state index is 0.165. The van der Waals surface area contributed by atoms with E-state index in [0.717, 1.165) is 23.1 Å². The first-order chi connectivity index (χ1) is 15.3. The largest absolute Gasteiger partial charge is 0.494 e. The number of hydrogen-bond acceptors (Lipinski definition) is 7. The summed E-state index contributed by atoms with van der Waals surface area (Å²) in [7, 11) is 0. The number of pyridine rings is 1. The van der Waals surface area contributed by atoms with Crippen molar-refractivity contribution < 1.29 is 9.84 Å². The lowest BCUT2D eigenvalue weighted by molar-refractivity contribution is 0.0644. The molecule has 0 bridgehead atoms. The second-order valence-electron chi connectivity index (χ2n) is 9.02. The van der Waals surface area contributed by atoms with E-state index in [1.165, 1.54) is 0 Å². The van der Waals surface area contributed by atoms with Crippen LogP contribution in [0.4, 0.5) is 0 Å². The highest BCUT2D eigenvalue weighted by atomic mass is 16.5. The number of aliphatic hydroxyl groups excluding tert-OH is 1. The molecule has 1 fully saturated rings. The van der Waals surface area contributed by atoms with E-state index in [0.29, 0.717) is 43.9 Å². The molecule has 9 heteroatoms. The molecule has 2 N–H and O–H groups in total. The predicted octanol–water partition coefficient (Wildman–Crippen LogP) is 2.60. The summed E-state index contributed by atoms with van der Waals surface area (Å²) in [6, 6.07) is 7.16. The maximum absolute atomic E-state index is 13.3. The number of nitrogens with zero attached hydrogens (tertiary/aromatic N) is 5. The molecule has 4 rings (SSSR count). The standard InChI is InChI=1S/C23H32N6O3/c1-5-23(3,4)29-21(25-26-27-29)20(28-11-9-16(30)10-12-28)18-14-15-13-17(32-6-2)7-8-19(15)24-22(18)31/h7-8,13-14,16,20,30H,5-6,9-12H2,1-4H3,(H,24,31). The molecule has 3 heterocycles. The van der Waals surface area contributed by atoms with Crippen molar-refractivity contribution in [2.75, 3.05) is 19.7 Å². The van der Waals surface area contributed by atoms with Gasteiger partial charge in [-0.15, -0.1) is 5.10 Å². The van der Waals surface area contributed by atoms with Crippen molar-refractivity contribution in [3.8, 4) is 5.75 Å². The predicted molar refractivity (Wildman–Crippen MR) is 122 cm³/mol. The van der Waals surface area contributed by atoms with Gasteiger partial charge in [0.05, 0.1) is 18.2 Å². The number of ether oxygens (including phenoxy) is 1. The number of likely N-dealkylation sites (tertiary alicyclic amines) is 1. The topological polar surface area (TPSA) is 109 Å². The molecule has 3 aromatic rings. The van der Waals surface area contributed by atoms with E-state index in [-0.39, 0.29) is 17.2 Å². The third-order valence-electron chi connectivity index (χ3n) is 6.49. The van der Waals surface area contributed by atoms with Crippen molar-refractivity contribution >= 4 is 10.9 Å². The Kier molecular flexibility index (Phi) is 6.30.